The van der Waals surface area contributed by atoms with Crippen LogP contribution in [-0.2, 0) is 9.53 Å². The highest BCUT2D eigenvalue weighted by Gasteiger charge is 2.24. The normalized spacial score (nSPS) is 14.0. The summed E-state index contributed by atoms with van der Waals surface area (Å²) in [4.78, 5) is 28.1. The number of thioether (sulfide) groups is 1. The predicted molar refractivity (Wildman–Crippen MR) is 102 cm³/mol. The van der Waals surface area contributed by atoms with Crippen LogP contribution in [0.25, 0.3) is 5.69 Å². The number of carbonyl (C=O) groups is 2. The van der Waals surface area contributed by atoms with Crippen LogP contribution in [0.3, 0.4) is 0 Å². The Bertz CT molecular complexity index is 848. The molecule has 0 unspecified atom stereocenters. The number of amides is 2. The Morgan fingerprint density at radius 2 is 2.15 bits per heavy atom. The molecule has 2 N–H and O–H groups in total. The third-order valence-electron chi connectivity index (χ3n) is 3.63. The molecule has 0 saturated heterocycles. The highest BCUT2D eigenvalue weighted by Crippen LogP contribution is 2.24. The molecule has 2 aromatic rings. The van der Waals surface area contributed by atoms with E-state index in [1.165, 1.54) is 11.8 Å². The number of benzene rings is 1. The zero-order valence-electron chi connectivity index (χ0n) is 14.0. The highest BCUT2D eigenvalue weighted by molar-refractivity contribution is 9.10. The zero-order chi connectivity index (χ0) is 18.5. The van der Waals surface area contributed by atoms with Crippen LogP contribution in [0.15, 0.2) is 57.6 Å². The minimum absolute atomic E-state index is 0.154. The van der Waals surface area contributed by atoms with Crippen LogP contribution in [-0.4, -0.2) is 40.5 Å². The third-order valence-corrected chi connectivity index (χ3v) is 5.16. The van der Waals surface area contributed by atoms with E-state index in [4.69, 9.17) is 4.74 Å². The van der Waals surface area contributed by atoms with E-state index in [1.54, 1.807) is 13.1 Å². The summed E-state index contributed by atoms with van der Waals surface area (Å²) in [6.07, 6.45) is 3.58. The molecule has 1 aliphatic rings. The van der Waals surface area contributed by atoms with Crippen LogP contribution >= 0.6 is 27.7 Å². The summed E-state index contributed by atoms with van der Waals surface area (Å²) >= 11 is 4.85. The molecule has 1 aromatic heterocycles. The Hall–Kier alpha value is -2.26. The van der Waals surface area contributed by atoms with Crippen LogP contribution in [0.4, 0.5) is 4.79 Å². The summed E-state index contributed by atoms with van der Waals surface area (Å²) in [6, 6.07) is 7.54. The smallest absolute Gasteiger partial charge is 0.337 e. The van der Waals surface area contributed by atoms with Crippen molar-refractivity contribution in [1.29, 1.82) is 0 Å². The van der Waals surface area contributed by atoms with Gasteiger partial charge in [0.1, 0.15) is 0 Å². The first-order chi connectivity index (χ1) is 12.6. The van der Waals surface area contributed by atoms with Crippen molar-refractivity contribution in [2.24, 2.45) is 0 Å². The van der Waals surface area contributed by atoms with Crippen LogP contribution in [0, 0.1) is 0 Å². The number of aromatic nitrogens is 2. The molecule has 2 heterocycles. The lowest BCUT2D eigenvalue weighted by molar-refractivity contribution is -0.138. The van der Waals surface area contributed by atoms with Gasteiger partial charge in [-0.05, 0) is 31.2 Å². The van der Waals surface area contributed by atoms with Gasteiger partial charge in [0.25, 0.3) is 0 Å². The van der Waals surface area contributed by atoms with Gasteiger partial charge < -0.3 is 15.4 Å². The van der Waals surface area contributed by atoms with E-state index in [2.05, 4.69) is 31.5 Å². The van der Waals surface area contributed by atoms with Crippen molar-refractivity contribution in [2.75, 3.05) is 18.9 Å². The van der Waals surface area contributed by atoms with Gasteiger partial charge in [0, 0.05) is 34.0 Å². The SMILES string of the molecule is CCOC(=O)C1=C(CSc2nccn2-c2ccc(Br)cc2)NC(=O)NC1. The Morgan fingerprint density at radius 1 is 1.38 bits per heavy atom. The van der Waals surface area contributed by atoms with E-state index in [0.717, 1.165) is 15.3 Å². The predicted octanol–water partition coefficient (Wildman–Crippen LogP) is 2.86. The van der Waals surface area contributed by atoms with E-state index in [1.807, 2.05) is 35.0 Å². The molecule has 0 bridgehead atoms. The number of carbonyl (C=O) groups excluding carboxylic acids is 2. The van der Waals surface area contributed by atoms with Crippen molar-refractivity contribution in [3.05, 3.63) is 52.4 Å². The van der Waals surface area contributed by atoms with E-state index < -0.39 is 5.97 Å². The van der Waals surface area contributed by atoms with Crippen molar-refractivity contribution in [3.63, 3.8) is 0 Å². The zero-order valence-corrected chi connectivity index (χ0v) is 16.4. The molecule has 0 atom stereocenters. The second-order valence-electron chi connectivity index (χ2n) is 5.33. The second kappa shape index (κ2) is 8.41. The van der Waals surface area contributed by atoms with Gasteiger partial charge in [0.05, 0.1) is 18.7 Å². The molecule has 3 rings (SSSR count). The fourth-order valence-electron chi connectivity index (χ4n) is 2.40. The molecule has 0 aliphatic carbocycles. The summed E-state index contributed by atoms with van der Waals surface area (Å²) < 4.78 is 8.01. The second-order valence-corrected chi connectivity index (χ2v) is 7.19. The summed E-state index contributed by atoms with van der Waals surface area (Å²) in [5.41, 5.74) is 1.95. The molecule has 136 valence electrons. The number of ether oxygens (including phenoxy) is 1. The Balaban J connectivity index is 1.79. The lowest BCUT2D eigenvalue weighted by atomic mass is 10.2. The van der Waals surface area contributed by atoms with Crippen molar-refractivity contribution in [2.45, 2.75) is 12.1 Å². The highest BCUT2D eigenvalue weighted by atomic mass is 79.9. The number of esters is 1. The minimum atomic E-state index is -0.424. The molecule has 26 heavy (non-hydrogen) atoms. The van der Waals surface area contributed by atoms with Gasteiger partial charge in [-0.1, -0.05) is 27.7 Å². The average Bonchev–Trinajstić information content (AvgIpc) is 3.09. The molecule has 1 aliphatic heterocycles. The Morgan fingerprint density at radius 3 is 2.88 bits per heavy atom. The fraction of sp³-hybridized carbons (Fsp3) is 0.235. The van der Waals surface area contributed by atoms with Crippen LogP contribution < -0.4 is 10.6 Å². The maximum Gasteiger partial charge on any atom is 0.337 e. The van der Waals surface area contributed by atoms with Gasteiger partial charge >= 0.3 is 12.0 Å². The van der Waals surface area contributed by atoms with E-state index in [-0.39, 0.29) is 19.2 Å². The molecule has 9 heteroatoms. The van der Waals surface area contributed by atoms with E-state index in [0.29, 0.717) is 17.0 Å². The molecule has 0 spiro atoms. The third kappa shape index (κ3) is 4.28. The molecule has 0 radical (unpaired) electrons. The van der Waals surface area contributed by atoms with Gasteiger partial charge in [-0.25, -0.2) is 14.6 Å². The maximum absolute atomic E-state index is 12.1. The molecule has 0 fully saturated rings. The van der Waals surface area contributed by atoms with Gasteiger partial charge in [-0.3, -0.25) is 4.57 Å². The quantitative estimate of drug-likeness (QED) is 0.537. The molecule has 7 nitrogen and oxygen atoms in total. The summed E-state index contributed by atoms with van der Waals surface area (Å²) in [5.74, 6) is -0.0263. The van der Waals surface area contributed by atoms with E-state index in [9.17, 15) is 9.59 Å². The minimum Gasteiger partial charge on any atom is -0.463 e. The van der Waals surface area contributed by atoms with Crippen molar-refractivity contribution < 1.29 is 14.3 Å². The number of hydrogen-bond acceptors (Lipinski definition) is 5. The van der Waals surface area contributed by atoms with Crippen molar-refractivity contribution >= 4 is 39.7 Å². The number of halogens is 1. The van der Waals surface area contributed by atoms with Crippen LogP contribution in [0.2, 0.25) is 0 Å². The topological polar surface area (TPSA) is 85.2 Å². The summed E-state index contributed by atoms with van der Waals surface area (Å²) in [7, 11) is 0. The first-order valence-corrected chi connectivity index (χ1v) is 9.72. The molecule has 0 saturated carbocycles. The van der Waals surface area contributed by atoms with Gasteiger partial charge in [0.15, 0.2) is 5.16 Å². The van der Waals surface area contributed by atoms with E-state index >= 15 is 0 Å². The van der Waals surface area contributed by atoms with Gasteiger partial charge in [-0.15, -0.1) is 0 Å². The lowest BCUT2D eigenvalue weighted by Gasteiger charge is -2.21. The number of imidazole rings is 1. The standard InChI is InChI=1S/C17H17BrN4O3S/c1-2-25-15(23)13-9-20-16(24)21-14(13)10-26-17-19-7-8-22(17)12-5-3-11(18)4-6-12/h3-8H,2,9-10H2,1H3,(H2,20,21,24). The summed E-state index contributed by atoms with van der Waals surface area (Å²) in [5, 5.41) is 6.05. The molecule has 2 amide bonds. The lowest BCUT2D eigenvalue weighted by Crippen LogP contribution is -2.44. The Labute approximate surface area is 163 Å². The molecular weight excluding hydrogens is 420 g/mol. The maximum atomic E-state index is 12.1. The number of hydrogen-bond donors (Lipinski definition) is 2. The van der Waals surface area contributed by atoms with Gasteiger partial charge in [-0.2, -0.15) is 0 Å². The van der Waals surface area contributed by atoms with Gasteiger partial charge in [0.2, 0.25) is 0 Å². The monoisotopic (exact) mass is 436 g/mol. The first-order valence-electron chi connectivity index (χ1n) is 7.94. The Kier molecular flexibility index (Phi) is 6.00. The van der Waals surface area contributed by atoms with Crippen molar-refractivity contribution in [3.8, 4) is 5.69 Å². The van der Waals surface area contributed by atoms with Crippen LogP contribution in [0.5, 0.6) is 0 Å². The number of urea groups is 1. The fourth-order valence-corrected chi connectivity index (χ4v) is 3.63. The number of rotatable bonds is 6. The average molecular weight is 437 g/mol. The number of nitrogens with one attached hydrogen (secondary N) is 2. The summed E-state index contributed by atoms with van der Waals surface area (Å²) in [6.45, 7) is 2.18. The molecule has 1 aromatic carbocycles. The van der Waals surface area contributed by atoms with Crippen LogP contribution in [0.1, 0.15) is 6.92 Å². The first kappa shape index (κ1) is 18.5. The largest absolute Gasteiger partial charge is 0.463 e. The van der Waals surface area contributed by atoms with Crippen molar-refractivity contribution in [1.82, 2.24) is 20.2 Å². The molecular formula is C17H17BrN4O3S. The number of nitrogens with zero attached hydrogens (tertiary/aromatic N) is 2.